The normalized spacial score (nSPS) is 21.8. The highest BCUT2D eigenvalue weighted by Gasteiger charge is 2.46. The molecule has 6 heterocycles. The Hall–Kier alpha value is -3.31. The van der Waals surface area contributed by atoms with Gasteiger partial charge in [-0.25, -0.2) is 18.9 Å². The third kappa shape index (κ3) is 3.61. The van der Waals surface area contributed by atoms with Gasteiger partial charge in [0.05, 0.1) is 37.6 Å². The molecule has 0 saturated carbocycles. The first-order valence-corrected chi connectivity index (χ1v) is 11.8. The van der Waals surface area contributed by atoms with Crippen LogP contribution in [0.4, 0.5) is 10.3 Å². The van der Waals surface area contributed by atoms with Gasteiger partial charge in [0.25, 0.3) is 0 Å². The van der Waals surface area contributed by atoms with Crippen LogP contribution in [0.1, 0.15) is 27.2 Å². The molecule has 1 atom stereocenters. The number of imidazole rings is 1. The number of nitrogens with one attached hydrogen (secondary N) is 1. The minimum absolute atomic E-state index is 0.0264. The molecule has 0 aromatic carbocycles. The fourth-order valence-corrected chi connectivity index (χ4v) is 5.27. The van der Waals surface area contributed by atoms with Crippen molar-refractivity contribution < 1.29 is 13.9 Å². The van der Waals surface area contributed by atoms with E-state index in [0.717, 1.165) is 32.7 Å². The van der Waals surface area contributed by atoms with Crippen LogP contribution in [0.5, 0.6) is 5.88 Å². The van der Waals surface area contributed by atoms with E-state index in [0.29, 0.717) is 34.2 Å². The summed E-state index contributed by atoms with van der Waals surface area (Å²) in [6.07, 6.45) is 9.08. The zero-order valence-corrected chi connectivity index (χ0v) is 20.3. The Labute approximate surface area is 202 Å². The predicted molar refractivity (Wildman–Crippen MR) is 128 cm³/mol. The Morgan fingerprint density at radius 1 is 1.20 bits per heavy atom. The molecule has 0 radical (unpaired) electrons. The number of methoxy groups -OCH3 is 1. The minimum atomic E-state index is -0.430. The SMILES string of the molecule is COc1nc(N[C@H]2CCN(C3(C)COC3)CC2(C)C)nn2cc(F)c(-c3cnc4nccn4c3)c12. The van der Waals surface area contributed by atoms with Crippen LogP contribution in [0.2, 0.25) is 0 Å². The van der Waals surface area contributed by atoms with E-state index in [2.05, 4.69) is 51.0 Å². The number of likely N-dealkylation sites (tertiary alicyclic amines) is 1. The van der Waals surface area contributed by atoms with Crippen LogP contribution in [-0.2, 0) is 4.74 Å². The van der Waals surface area contributed by atoms with Crippen molar-refractivity contribution in [2.45, 2.75) is 38.8 Å². The van der Waals surface area contributed by atoms with E-state index in [1.807, 2.05) is 0 Å². The van der Waals surface area contributed by atoms with Gasteiger partial charge in [-0.3, -0.25) is 9.30 Å². The van der Waals surface area contributed by atoms with E-state index in [4.69, 9.17) is 9.47 Å². The molecule has 0 spiro atoms. The fraction of sp³-hybridized carbons (Fsp3) is 0.500. The number of halogens is 1. The molecule has 2 aliphatic heterocycles. The maximum absolute atomic E-state index is 15.2. The van der Waals surface area contributed by atoms with E-state index in [9.17, 15) is 0 Å². The molecule has 4 aromatic rings. The highest BCUT2D eigenvalue weighted by atomic mass is 19.1. The fourth-order valence-electron chi connectivity index (χ4n) is 5.27. The molecule has 10 nitrogen and oxygen atoms in total. The van der Waals surface area contributed by atoms with Crippen LogP contribution < -0.4 is 10.1 Å². The summed E-state index contributed by atoms with van der Waals surface area (Å²) >= 11 is 0. The molecular weight excluding hydrogens is 451 g/mol. The zero-order chi connectivity index (χ0) is 24.4. The van der Waals surface area contributed by atoms with Gasteiger partial charge < -0.3 is 14.8 Å². The van der Waals surface area contributed by atoms with Crippen molar-refractivity contribution in [3.63, 3.8) is 0 Å². The first-order chi connectivity index (χ1) is 16.8. The van der Waals surface area contributed by atoms with Crippen molar-refractivity contribution in [2.24, 2.45) is 5.41 Å². The van der Waals surface area contributed by atoms with Gasteiger partial charge in [-0.15, -0.1) is 5.10 Å². The third-order valence-corrected chi connectivity index (χ3v) is 7.40. The maximum Gasteiger partial charge on any atom is 0.244 e. The number of piperidine rings is 1. The Morgan fingerprint density at radius 3 is 2.74 bits per heavy atom. The summed E-state index contributed by atoms with van der Waals surface area (Å²) in [7, 11) is 1.53. The lowest BCUT2D eigenvalue weighted by molar-refractivity contribution is -0.147. The number of nitrogens with zero attached hydrogens (tertiary/aromatic N) is 7. The van der Waals surface area contributed by atoms with Crippen LogP contribution in [-0.4, -0.2) is 78.9 Å². The molecule has 0 amide bonds. The maximum atomic E-state index is 15.2. The number of anilines is 1. The molecule has 1 N–H and O–H groups in total. The lowest BCUT2D eigenvalue weighted by Crippen LogP contribution is -2.65. The smallest absolute Gasteiger partial charge is 0.244 e. The van der Waals surface area contributed by atoms with E-state index in [-0.39, 0.29) is 17.0 Å². The van der Waals surface area contributed by atoms with Crippen LogP contribution in [0, 0.1) is 11.2 Å². The first-order valence-electron chi connectivity index (χ1n) is 11.8. The number of fused-ring (bicyclic) bond motifs is 2. The second-order valence-electron chi connectivity index (χ2n) is 10.5. The number of hydrogen-bond acceptors (Lipinski definition) is 8. The number of hydrogen-bond donors (Lipinski definition) is 1. The van der Waals surface area contributed by atoms with Crippen LogP contribution >= 0.6 is 0 Å². The van der Waals surface area contributed by atoms with Crippen molar-refractivity contribution in [2.75, 3.05) is 38.7 Å². The van der Waals surface area contributed by atoms with Gasteiger partial charge in [0, 0.05) is 49.5 Å². The molecule has 0 aliphatic carbocycles. The molecular formula is C24H29FN8O2. The van der Waals surface area contributed by atoms with Gasteiger partial charge >= 0.3 is 0 Å². The van der Waals surface area contributed by atoms with E-state index < -0.39 is 5.82 Å². The Morgan fingerprint density at radius 2 is 2.03 bits per heavy atom. The zero-order valence-electron chi connectivity index (χ0n) is 20.3. The molecule has 4 aromatic heterocycles. The van der Waals surface area contributed by atoms with Crippen molar-refractivity contribution in [1.29, 1.82) is 0 Å². The van der Waals surface area contributed by atoms with Crippen molar-refractivity contribution in [3.05, 3.63) is 36.8 Å². The second-order valence-corrected chi connectivity index (χ2v) is 10.5. The van der Waals surface area contributed by atoms with Crippen molar-refractivity contribution in [1.82, 2.24) is 33.9 Å². The summed E-state index contributed by atoms with van der Waals surface area (Å²) in [5.74, 6) is 0.811. The summed E-state index contributed by atoms with van der Waals surface area (Å²) in [6.45, 7) is 10.2. The molecule has 11 heteroatoms. The average molecular weight is 481 g/mol. The van der Waals surface area contributed by atoms with Gasteiger partial charge in [0.1, 0.15) is 5.52 Å². The largest absolute Gasteiger partial charge is 0.479 e. The molecule has 0 unspecified atom stereocenters. The average Bonchev–Trinajstić information content (AvgIpc) is 3.40. The second kappa shape index (κ2) is 7.85. The van der Waals surface area contributed by atoms with Crippen LogP contribution in [0.25, 0.3) is 22.4 Å². The van der Waals surface area contributed by atoms with Gasteiger partial charge in [-0.05, 0) is 18.8 Å². The van der Waals surface area contributed by atoms with Crippen LogP contribution in [0.15, 0.2) is 31.0 Å². The molecule has 2 fully saturated rings. The lowest BCUT2D eigenvalue weighted by Gasteiger charge is -2.54. The quantitative estimate of drug-likeness (QED) is 0.466. The monoisotopic (exact) mass is 480 g/mol. The topological polar surface area (TPSA) is 94.1 Å². The molecule has 35 heavy (non-hydrogen) atoms. The number of rotatable bonds is 5. The van der Waals surface area contributed by atoms with Gasteiger partial charge in [-0.1, -0.05) is 13.8 Å². The van der Waals surface area contributed by atoms with Gasteiger partial charge in [0.2, 0.25) is 17.6 Å². The van der Waals surface area contributed by atoms with E-state index in [1.54, 1.807) is 29.2 Å². The standard InChI is InChI=1S/C24H29FN8O2/c1-23(2)12-32(24(3)13-35-14-24)7-5-17(23)28-21-29-20(34-4)19-18(16(25)11-33(19)30-21)15-9-27-22-26-6-8-31(22)10-15/h6,8-11,17H,5,7,12-14H2,1-4H3,(H,28,30)/t17-/m0/s1. The summed E-state index contributed by atoms with van der Waals surface area (Å²) in [6, 6.07) is 0.151. The van der Waals surface area contributed by atoms with Gasteiger partial charge in [-0.2, -0.15) is 4.98 Å². The van der Waals surface area contributed by atoms with Crippen molar-refractivity contribution >= 4 is 17.2 Å². The highest BCUT2D eigenvalue weighted by Crippen LogP contribution is 2.38. The molecule has 184 valence electrons. The Kier molecular flexibility index (Phi) is 4.98. The van der Waals surface area contributed by atoms with Crippen molar-refractivity contribution in [3.8, 4) is 17.0 Å². The molecule has 2 saturated heterocycles. The summed E-state index contributed by atoms with van der Waals surface area (Å²) in [4.78, 5) is 15.6. The number of ether oxygens (including phenoxy) is 2. The van der Waals surface area contributed by atoms with Gasteiger partial charge in [0.15, 0.2) is 5.82 Å². The molecule has 2 aliphatic rings. The van der Waals surface area contributed by atoms with Crippen LogP contribution in [0.3, 0.4) is 0 Å². The van der Waals surface area contributed by atoms with E-state index >= 15 is 4.39 Å². The number of aromatic nitrogens is 6. The molecule has 0 bridgehead atoms. The van der Waals surface area contributed by atoms with E-state index in [1.165, 1.54) is 17.8 Å². The Balaban J connectivity index is 1.32. The summed E-state index contributed by atoms with van der Waals surface area (Å²) in [5, 5.41) is 8.11. The summed E-state index contributed by atoms with van der Waals surface area (Å²) in [5.41, 5.74) is 1.46. The third-order valence-electron chi connectivity index (χ3n) is 7.40. The highest BCUT2D eigenvalue weighted by molar-refractivity contribution is 5.84. The lowest BCUT2D eigenvalue weighted by atomic mass is 9.77. The first kappa shape index (κ1) is 22.2. The minimum Gasteiger partial charge on any atom is -0.479 e. The summed E-state index contributed by atoms with van der Waals surface area (Å²) < 4.78 is 29.5. The Bertz CT molecular complexity index is 1410. The molecule has 6 rings (SSSR count). The predicted octanol–water partition coefficient (Wildman–Crippen LogP) is 2.89.